The van der Waals surface area contributed by atoms with E-state index in [2.05, 4.69) is 15.9 Å². The number of carboxylic acids is 1. The van der Waals surface area contributed by atoms with Crippen molar-refractivity contribution in [2.75, 3.05) is 6.61 Å². The summed E-state index contributed by atoms with van der Waals surface area (Å²) in [5, 5.41) is 19.5. The number of hydrogen-bond donors (Lipinski definition) is 1. The van der Waals surface area contributed by atoms with Gasteiger partial charge in [-0.2, -0.15) is 5.26 Å². The van der Waals surface area contributed by atoms with E-state index in [9.17, 15) is 20.0 Å². The molecule has 172 valence electrons. The van der Waals surface area contributed by atoms with Gasteiger partial charge in [-0.25, -0.2) is 9.78 Å². The van der Waals surface area contributed by atoms with Gasteiger partial charge in [0.05, 0.1) is 34.8 Å². The Morgan fingerprint density at radius 2 is 2.06 bits per heavy atom. The zero-order chi connectivity index (χ0) is 25.1. The predicted molar refractivity (Wildman–Crippen MR) is 131 cm³/mol. The first-order valence-corrected chi connectivity index (χ1v) is 10.7. The van der Waals surface area contributed by atoms with E-state index in [1.165, 1.54) is 23.0 Å². The summed E-state index contributed by atoms with van der Waals surface area (Å²) < 4.78 is 7.42. The number of aromatic nitrogens is 3. The minimum atomic E-state index is -1.14. The Morgan fingerprint density at radius 1 is 1.26 bits per heavy atom. The van der Waals surface area contributed by atoms with E-state index in [4.69, 9.17) is 22.8 Å². The number of carbonyl (C=O) groups is 1. The first-order valence-electron chi connectivity index (χ1n) is 10.4. The minimum Gasteiger partial charge on any atom is -0.491 e. The van der Waals surface area contributed by atoms with Gasteiger partial charge in [-0.3, -0.25) is 14.3 Å². The van der Waals surface area contributed by atoms with Crippen molar-refractivity contribution < 1.29 is 14.6 Å². The lowest BCUT2D eigenvalue weighted by molar-refractivity contribution is 0.0696. The van der Waals surface area contributed by atoms with Crippen molar-refractivity contribution in [2.24, 2.45) is 0 Å². The summed E-state index contributed by atoms with van der Waals surface area (Å²) in [5.41, 5.74) is 1.33. The van der Waals surface area contributed by atoms with Gasteiger partial charge in [-0.05, 0) is 31.2 Å². The topological polar surface area (TPSA) is 118 Å². The largest absolute Gasteiger partial charge is 0.491 e. The molecule has 0 aliphatic heterocycles. The molecule has 2 aromatic carbocycles. The van der Waals surface area contributed by atoms with E-state index in [0.717, 1.165) is 0 Å². The average molecular weight is 485 g/mol. The highest BCUT2D eigenvalue weighted by molar-refractivity contribution is 6.31. The first-order chi connectivity index (χ1) is 16.8. The lowest BCUT2D eigenvalue weighted by atomic mass is 9.95. The Kier molecular flexibility index (Phi) is 6.50. The number of aromatic carboxylic acids is 1. The molecule has 0 aliphatic rings. The highest BCUT2D eigenvalue weighted by atomic mass is 35.5. The summed E-state index contributed by atoms with van der Waals surface area (Å²) in [6.07, 6.45) is 8.41. The average Bonchev–Trinajstić information content (AvgIpc) is 2.85. The van der Waals surface area contributed by atoms with E-state index in [1.54, 1.807) is 37.3 Å². The molecule has 0 aliphatic carbocycles. The molecule has 0 radical (unpaired) electrons. The molecule has 0 saturated heterocycles. The van der Waals surface area contributed by atoms with Crippen LogP contribution in [0.15, 0.2) is 53.6 Å². The van der Waals surface area contributed by atoms with Crippen molar-refractivity contribution >= 4 is 28.5 Å². The lowest BCUT2D eigenvalue weighted by Gasteiger charge is -2.16. The fourth-order valence-electron chi connectivity index (χ4n) is 3.82. The second-order valence-electron chi connectivity index (χ2n) is 7.48. The van der Waals surface area contributed by atoms with Crippen LogP contribution in [0.3, 0.4) is 0 Å². The highest BCUT2D eigenvalue weighted by Gasteiger charge is 2.18. The Balaban J connectivity index is 1.69. The molecule has 0 spiro atoms. The molecular formula is C26H17ClN4O4. The van der Waals surface area contributed by atoms with Crippen LogP contribution in [0.25, 0.3) is 22.0 Å². The number of terminal acetylenes is 1. The zero-order valence-corrected chi connectivity index (χ0v) is 19.2. The van der Waals surface area contributed by atoms with Crippen molar-refractivity contribution in [3.8, 4) is 35.3 Å². The third kappa shape index (κ3) is 4.43. The second-order valence-corrected chi connectivity index (χ2v) is 7.91. The number of carboxylic acid groups (broad SMARTS) is 1. The quantitative estimate of drug-likeness (QED) is 0.410. The molecule has 4 rings (SSSR count). The molecule has 0 saturated carbocycles. The minimum absolute atomic E-state index is 0.0110. The number of rotatable bonds is 6. The Bertz CT molecular complexity index is 1630. The summed E-state index contributed by atoms with van der Waals surface area (Å²) in [4.78, 5) is 33.1. The summed E-state index contributed by atoms with van der Waals surface area (Å²) >= 11 is 6.21. The fraction of sp³-hybridized carbons (Fsp3) is 0.115. The van der Waals surface area contributed by atoms with E-state index >= 15 is 0 Å². The lowest BCUT2D eigenvalue weighted by Crippen LogP contribution is -2.27. The molecule has 9 heteroatoms. The smallest absolute Gasteiger partial charge is 0.336 e. The van der Waals surface area contributed by atoms with Gasteiger partial charge in [0.15, 0.2) is 0 Å². The molecule has 1 N–H and O–H groups in total. The standard InChI is InChI=1S/C26H17ClN4O4/c1-3-18-19(5-4-6-20(18)26(33)34)21-11-17(27)7-8-23(21)35-10-9-31-15(2)30-22-14-29-13-16(12-28)24(22)25(31)32/h1,4-8,11,13-14H,9-10H2,2H3,(H,33,34). The van der Waals surface area contributed by atoms with Gasteiger partial charge in [0.2, 0.25) is 0 Å². The van der Waals surface area contributed by atoms with Crippen LogP contribution in [-0.2, 0) is 6.54 Å². The zero-order valence-electron chi connectivity index (χ0n) is 18.4. The van der Waals surface area contributed by atoms with Crippen molar-refractivity contribution in [3.63, 3.8) is 0 Å². The maximum Gasteiger partial charge on any atom is 0.336 e. The number of nitriles is 1. The molecular weight excluding hydrogens is 468 g/mol. The van der Waals surface area contributed by atoms with Gasteiger partial charge in [-0.1, -0.05) is 29.7 Å². The van der Waals surface area contributed by atoms with Gasteiger partial charge in [-0.15, -0.1) is 6.42 Å². The van der Waals surface area contributed by atoms with Crippen LogP contribution < -0.4 is 10.3 Å². The van der Waals surface area contributed by atoms with Crippen molar-refractivity contribution in [1.29, 1.82) is 5.26 Å². The third-order valence-electron chi connectivity index (χ3n) is 5.42. The molecule has 35 heavy (non-hydrogen) atoms. The normalized spacial score (nSPS) is 10.5. The van der Waals surface area contributed by atoms with Gasteiger partial charge in [0, 0.05) is 27.9 Å². The Morgan fingerprint density at radius 3 is 2.77 bits per heavy atom. The van der Waals surface area contributed by atoms with E-state index in [-0.39, 0.29) is 40.8 Å². The number of benzene rings is 2. The Labute approximate surface area is 205 Å². The summed E-state index contributed by atoms with van der Waals surface area (Å²) in [7, 11) is 0. The molecule has 0 unspecified atom stereocenters. The highest BCUT2D eigenvalue weighted by Crippen LogP contribution is 2.35. The molecule has 0 bridgehead atoms. The Hall–Kier alpha value is -4.66. The van der Waals surface area contributed by atoms with Crippen molar-refractivity contribution in [3.05, 3.63) is 86.7 Å². The van der Waals surface area contributed by atoms with E-state index < -0.39 is 5.97 Å². The molecule has 0 amide bonds. The SMILES string of the molecule is C#Cc1c(C(=O)O)cccc1-c1cc(Cl)ccc1OCCn1c(C)nc2cncc(C#N)c2c1=O. The van der Waals surface area contributed by atoms with Gasteiger partial charge in [0.1, 0.15) is 24.3 Å². The number of nitrogens with zero attached hydrogens (tertiary/aromatic N) is 4. The van der Waals surface area contributed by atoms with Crippen LogP contribution in [0.5, 0.6) is 5.75 Å². The van der Waals surface area contributed by atoms with Crippen molar-refractivity contribution in [2.45, 2.75) is 13.5 Å². The first kappa shape index (κ1) is 23.5. The van der Waals surface area contributed by atoms with Crippen LogP contribution in [-0.4, -0.2) is 32.2 Å². The van der Waals surface area contributed by atoms with Crippen LogP contribution in [0.2, 0.25) is 5.02 Å². The predicted octanol–water partition coefficient (Wildman–Crippen LogP) is 4.05. The third-order valence-corrected chi connectivity index (χ3v) is 5.66. The molecule has 0 atom stereocenters. The van der Waals surface area contributed by atoms with E-state index in [1.807, 2.05) is 6.07 Å². The van der Waals surface area contributed by atoms with Crippen LogP contribution in [0.4, 0.5) is 0 Å². The summed E-state index contributed by atoms with van der Waals surface area (Å²) in [5.74, 6) is 2.17. The number of hydrogen-bond acceptors (Lipinski definition) is 6. The summed E-state index contributed by atoms with van der Waals surface area (Å²) in [6.45, 7) is 1.92. The van der Waals surface area contributed by atoms with Crippen LogP contribution in [0, 0.1) is 30.6 Å². The molecule has 4 aromatic rings. The number of ether oxygens (including phenoxy) is 1. The number of fused-ring (bicyclic) bond motifs is 1. The van der Waals surface area contributed by atoms with Crippen LogP contribution in [0.1, 0.15) is 27.3 Å². The fourth-order valence-corrected chi connectivity index (χ4v) is 3.99. The van der Waals surface area contributed by atoms with E-state index in [0.29, 0.717) is 33.2 Å². The number of halogens is 1. The molecule has 2 aromatic heterocycles. The number of pyridine rings is 1. The van der Waals surface area contributed by atoms with Crippen LogP contribution >= 0.6 is 11.6 Å². The molecule has 8 nitrogen and oxygen atoms in total. The van der Waals surface area contributed by atoms with Crippen molar-refractivity contribution in [1.82, 2.24) is 14.5 Å². The van der Waals surface area contributed by atoms with Gasteiger partial charge >= 0.3 is 5.97 Å². The molecule has 2 heterocycles. The maximum absolute atomic E-state index is 13.1. The second kappa shape index (κ2) is 9.68. The monoisotopic (exact) mass is 484 g/mol. The van der Waals surface area contributed by atoms with Gasteiger partial charge < -0.3 is 9.84 Å². The maximum atomic E-state index is 13.1. The number of aryl methyl sites for hydroxylation is 1. The molecule has 0 fully saturated rings. The summed E-state index contributed by atoms with van der Waals surface area (Å²) in [6, 6.07) is 11.6. The van der Waals surface area contributed by atoms with Gasteiger partial charge in [0.25, 0.3) is 5.56 Å².